The predicted octanol–water partition coefficient (Wildman–Crippen LogP) is 2.02. The first kappa shape index (κ1) is 15.2. The van der Waals surface area contributed by atoms with Crippen molar-refractivity contribution in [2.24, 2.45) is 11.7 Å². The number of nitrogens with two attached hydrogens (primary N) is 1. The van der Waals surface area contributed by atoms with Crippen LogP contribution in [0.1, 0.15) is 38.6 Å². The Bertz CT molecular complexity index is 344. The Labute approximate surface area is 111 Å². The predicted molar refractivity (Wildman–Crippen MR) is 76.4 cm³/mol. The van der Waals surface area contributed by atoms with E-state index in [1.54, 1.807) is 0 Å². The van der Waals surface area contributed by atoms with Crippen molar-refractivity contribution < 1.29 is 0 Å². The van der Waals surface area contributed by atoms with Crippen molar-refractivity contribution in [3.8, 4) is 0 Å². The van der Waals surface area contributed by atoms with Crippen molar-refractivity contribution >= 4 is 0 Å². The maximum atomic E-state index is 5.62. The molecule has 0 radical (unpaired) electrons. The SMILES string of the molecule is CCn1nc(C)cc1CN(CCCN)CC(C)C. The Hall–Kier alpha value is -0.870. The summed E-state index contributed by atoms with van der Waals surface area (Å²) in [5.41, 5.74) is 8.04. The van der Waals surface area contributed by atoms with Gasteiger partial charge in [0.05, 0.1) is 11.4 Å². The van der Waals surface area contributed by atoms with Crippen molar-refractivity contribution in [1.29, 1.82) is 0 Å². The monoisotopic (exact) mass is 252 g/mol. The van der Waals surface area contributed by atoms with Crippen LogP contribution in [0.5, 0.6) is 0 Å². The molecule has 0 saturated heterocycles. The Morgan fingerprint density at radius 2 is 2.17 bits per heavy atom. The smallest absolute Gasteiger partial charge is 0.0597 e. The largest absolute Gasteiger partial charge is 0.330 e. The Kier molecular flexibility index (Phi) is 6.36. The summed E-state index contributed by atoms with van der Waals surface area (Å²) in [6, 6.07) is 2.19. The minimum atomic E-state index is 0.682. The molecule has 0 spiro atoms. The first-order valence-electron chi connectivity index (χ1n) is 7.02. The number of aromatic nitrogens is 2. The molecule has 1 rings (SSSR count). The first-order valence-corrected chi connectivity index (χ1v) is 7.02. The van der Waals surface area contributed by atoms with Gasteiger partial charge in [-0.2, -0.15) is 5.10 Å². The van der Waals surface area contributed by atoms with Crippen molar-refractivity contribution in [3.05, 3.63) is 17.5 Å². The van der Waals surface area contributed by atoms with Gasteiger partial charge >= 0.3 is 0 Å². The maximum absolute atomic E-state index is 5.62. The van der Waals surface area contributed by atoms with Gasteiger partial charge in [0, 0.05) is 19.6 Å². The molecule has 104 valence electrons. The van der Waals surface area contributed by atoms with E-state index in [4.69, 9.17) is 5.73 Å². The lowest BCUT2D eigenvalue weighted by molar-refractivity contribution is 0.228. The third kappa shape index (κ3) is 4.78. The molecule has 4 heteroatoms. The summed E-state index contributed by atoms with van der Waals surface area (Å²) in [7, 11) is 0. The zero-order valence-corrected chi connectivity index (χ0v) is 12.3. The summed E-state index contributed by atoms with van der Waals surface area (Å²) in [5, 5.41) is 4.51. The molecular weight excluding hydrogens is 224 g/mol. The van der Waals surface area contributed by atoms with Crippen LogP contribution in [-0.4, -0.2) is 34.3 Å². The minimum Gasteiger partial charge on any atom is -0.330 e. The van der Waals surface area contributed by atoms with Crippen LogP contribution in [0, 0.1) is 12.8 Å². The van der Waals surface area contributed by atoms with Crippen LogP contribution in [-0.2, 0) is 13.1 Å². The molecule has 0 aliphatic rings. The lowest BCUT2D eigenvalue weighted by Crippen LogP contribution is -2.30. The van der Waals surface area contributed by atoms with Gasteiger partial charge in [0.1, 0.15) is 0 Å². The second-order valence-electron chi connectivity index (χ2n) is 5.36. The molecule has 0 aromatic carbocycles. The molecule has 0 saturated carbocycles. The van der Waals surface area contributed by atoms with Gasteiger partial charge in [-0.15, -0.1) is 0 Å². The van der Waals surface area contributed by atoms with Crippen LogP contribution in [0.25, 0.3) is 0 Å². The summed E-state index contributed by atoms with van der Waals surface area (Å²) in [4.78, 5) is 2.49. The Morgan fingerprint density at radius 1 is 1.44 bits per heavy atom. The van der Waals surface area contributed by atoms with E-state index < -0.39 is 0 Å². The third-order valence-electron chi connectivity index (χ3n) is 2.97. The molecule has 2 N–H and O–H groups in total. The minimum absolute atomic E-state index is 0.682. The van der Waals surface area contributed by atoms with Gasteiger partial charge in [-0.25, -0.2) is 0 Å². The molecule has 4 nitrogen and oxygen atoms in total. The molecule has 18 heavy (non-hydrogen) atoms. The fourth-order valence-electron chi connectivity index (χ4n) is 2.30. The summed E-state index contributed by atoms with van der Waals surface area (Å²) in [5.74, 6) is 0.682. The van der Waals surface area contributed by atoms with E-state index in [2.05, 4.69) is 48.4 Å². The summed E-state index contributed by atoms with van der Waals surface area (Å²) in [6.45, 7) is 13.6. The van der Waals surface area contributed by atoms with Gasteiger partial charge < -0.3 is 5.73 Å². The number of hydrogen-bond acceptors (Lipinski definition) is 3. The lowest BCUT2D eigenvalue weighted by Gasteiger charge is -2.24. The van der Waals surface area contributed by atoms with Gasteiger partial charge in [0.15, 0.2) is 0 Å². The van der Waals surface area contributed by atoms with Crippen molar-refractivity contribution in [3.63, 3.8) is 0 Å². The molecule has 0 amide bonds. The van der Waals surface area contributed by atoms with Crippen LogP contribution in [0.15, 0.2) is 6.07 Å². The van der Waals surface area contributed by atoms with Gasteiger partial charge in [0.2, 0.25) is 0 Å². The van der Waals surface area contributed by atoms with E-state index >= 15 is 0 Å². The van der Waals surface area contributed by atoms with Crippen LogP contribution in [0.3, 0.4) is 0 Å². The van der Waals surface area contributed by atoms with E-state index in [0.717, 1.165) is 44.8 Å². The lowest BCUT2D eigenvalue weighted by atomic mass is 10.2. The second kappa shape index (κ2) is 7.54. The quantitative estimate of drug-likeness (QED) is 0.770. The zero-order chi connectivity index (χ0) is 13.5. The Morgan fingerprint density at radius 3 is 2.72 bits per heavy atom. The zero-order valence-electron chi connectivity index (χ0n) is 12.3. The highest BCUT2D eigenvalue weighted by Crippen LogP contribution is 2.10. The fourth-order valence-corrected chi connectivity index (χ4v) is 2.30. The van der Waals surface area contributed by atoms with Crippen LogP contribution >= 0.6 is 0 Å². The highest BCUT2D eigenvalue weighted by Gasteiger charge is 2.11. The Balaban J connectivity index is 2.68. The number of hydrogen-bond donors (Lipinski definition) is 1. The van der Waals surface area contributed by atoms with E-state index in [1.165, 1.54) is 5.69 Å². The van der Waals surface area contributed by atoms with Crippen LogP contribution < -0.4 is 5.73 Å². The van der Waals surface area contributed by atoms with Gasteiger partial charge in [-0.05, 0) is 45.3 Å². The summed E-state index contributed by atoms with van der Waals surface area (Å²) in [6.07, 6.45) is 1.06. The molecule has 0 atom stereocenters. The average molecular weight is 252 g/mol. The highest BCUT2D eigenvalue weighted by atomic mass is 15.3. The normalized spacial score (nSPS) is 11.7. The second-order valence-corrected chi connectivity index (χ2v) is 5.36. The van der Waals surface area contributed by atoms with E-state index in [0.29, 0.717) is 5.92 Å². The van der Waals surface area contributed by atoms with Crippen LogP contribution in [0.4, 0.5) is 0 Å². The molecule has 0 aliphatic carbocycles. The van der Waals surface area contributed by atoms with Crippen molar-refractivity contribution in [2.75, 3.05) is 19.6 Å². The number of rotatable bonds is 8. The third-order valence-corrected chi connectivity index (χ3v) is 2.97. The first-order chi connectivity index (χ1) is 8.56. The number of nitrogens with zero attached hydrogens (tertiary/aromatic N) is 3. The van der Waals surface area contributed by atoms with Gasteiger partial charge in [-0.1, -0.05) is 13.8 Å². The summed E-state index contributed by atoms with van der Waals surface area (Å²) < 4.78 is 2.10. The molecule has 0 fully saturated rings. The highest BCUT2D eigenvalue weighted by molar-refractivity contribution is 5.08. The van der Waals surface area contributed by atoms with Gasteiger partial charge in [-0.3, -0.25) is 9.58 Å². The molecular formula is C14H28N4. The molecule has 1 aromatic heterocycles. The van der Waals surface area contributed by atoms with Crippen molar-refractivity contribution in [2.45, 2.75) is 47.2 Å². The maximum Gasteiger partial charge on any atom is 0.0597 e. The number of aryl methyl sites for hydroxylation is 2. The molecule has 1 aromatic rings. The van der Waals surface area contributed by atoms with Crippen LogP contribution in [0.2, 0.25) is 0 Å². The fraction of sp³-hybridized carbons (Fsp3) is 0.786. The summed E-state index contributed by atoms with van der Waals surface area (Å²) >= 11 is 0. The standard InChI is InChI=1S/C14H28N4/c1-5-18-14(9-13(4)16-18)11-17(8-6-7-15)10-12(2)3/h9,12H,5-8,10-11,15H2,1-4H3. The molecule has 1 heterocycles. The topological polar surface area (TPSA) is 47.1 Å². The van der Waals surface area contributed by atoms with E-state index in [1.807, 2.05) is 0 Å². The molecule has 0 unspecified atom stereocenters. The van der Waals surface area contributed by atoms with E-state index in [9.17, 15) is 0 Å². The molecule has 0 aliphatic heterocycles. The average Bonchev–Trinajstić information content (AvgIpc) is 2.65. The molecule has 0 bridgehead atoms. The van der Waals surface area contributed by atoms with Crippen molar-refractivity contribution in [1.82, 2.24) is 14.7 Å². The van der Waals surface area contributed by atoms with Gasteiger partial charge in [0.25, 0.3) is 0 Å². The van der Waals surface area contributed by atoms with E-state index in [-0.39, 0.29) is 0 Å².